The molecule has 0 heterocycles. The fraction of sp³-hybridized carbons (Fsp3) is 0.400. The van der Waals surface area contributed by atoms with Gasteiger partial charge in [-0.25, -0.2) is 12.8 Å². The molecule has 2 unspecified atom stereocenters. The van der Waals surface area contributed by atoms with E-state index in [2.05, 4.69) is 0 Å². The molecule has 0 aliphatic heterocycles. The van der Waals surface area contributed by atoms with Gasteiger partial charge in [-0.15, -0.1) is 0 Å². The van der Waals surface area contributed by atoms with E-state index in [0.29, 0.717) is 6.42 Å². The number of sulfone groups is 1. The molecule has 1 aliphatic rings. The second-order valence-corrected chi connectivity index (χ2v) is 6.03. The minimum Gasteiger partial charge on any atom is -0.229 e. The van der Waals surface area contributed by atoms with Crippen molar-refractivity contribution in [2.45, 2.75) is 17.6 Å². The number of hydrogen-bond donors (Lipinski definition) is 0. The second-order valence-electron chi connectivity index (χ2n) is 3.76. The third-order valence-corrected chi connectivity index (χ3v) is 4.20. The zero-order chi connectivity index (χ0) is 10.3. The average molecular weight is 214 g/mol. The molecule has 0 N–H and O–H groups in total. The van der Waals surface area contributed by atoms with Crippen LogP contribution in [-0.4, -0.2) is 19.9 Å². The van der Waals surface area contributed by atoms with Crippen molar-refractivity contribution in [1.29, 1.82) is 0 Å². The number of hydrogen-bond acceptors (Lipinski definition) is 2. The molecule has 1 saturated carbocycles. The number of halogens is 1. The zero-order valence-electron chi connectivity index (χ0n) is 7.77. The lowest BCUT2D eigenvalue weighted by molar-refractivity contribution is 0.600. The summed E-state index contributed by atoms with van der Waals surface area (Å²) in [5.74, 6) is -0.212. The van der Waals surface area contributed by atoms with E-state index in [9.17, 15) is 12.8 Å². The summed E-state index contributed by atoms with van der Waals surface area (Å²) in [6.45, 7) is 0. The fourth-order valence-corrected chi connectivity index (χ4v) is 3.02. The van der Waals surface area contributed by atoms with Gasteiger partial charge in [-0.1, -0.05) is 12.1 Å². The molecule has 0 saturated heterocycles. The Balaban J connectivity index is 2.18. The van der Waals surface area contributed by atoms with Gasteiger partial charge in [0, 0.05) is 12.2 Å². The highest BCUT2D eigenvalue weighted by Gasteiger charge is 2.45. The van der Waals surface area contributed by atoms with Gasteiger partial charge < -0.3 is 0 Å². The maximum atomic E-state index is 12.6. The Labute approximate surface area is 82.7 Å². The van der Waals surface area contributed by atoms with Crippen molar-refractivity contribution < 1.29 is 12.8 Å². The summed E-state index contributed by atoms with van der Waals surface area (Å²) in [5, 5.41) is -0.257. The van der Waals surface area contributed by atoms with Crippen molar-refractivity contribution >= 4 is 9.84 Å². The summed E-state index contributed by atoms with van der Waals surface area (Å²) >= 11 is 0. The Kier molecular flexibility index (Phi) is 2.10. The van der Waals surface area contributed by atoms with E-state index in [-0.39, 0.29) is 17.0 Å². The average Bonchev–Trinajstić information content (AvgIpc) is 2.83. The van der Waals surface area contributed by atoms with Crippen molar-refractivity contribution in [3.63, 3.8) is 0 Å². The van der Waals surface area contributed by atoms with Gasteiger partial charge in [0.15, 0.2) is 9.84 Å². The van der Waals surface area contributed by atoms with E-state index >= 15 is 0 Å². The van der Waals surface area contributed by atoms with Gasteiger partial charge in [0.2, 0.25) is 0 Å². The van der Waals surface area contributed by atoms with Crippen molar-refractivity contribution in [2.75, 3.05) is 6.26 Å². The van der Waals surface area contributed by atoms with Crippen LogP contribution in [0.2, 0.25) is 0 Å². The first kappa shape index (κ1) is 9.65. The highest BCUT2D eigenvalue weighted by atomic mass is 32.2. The van der Waals surface area contributed by atoms with Gasteiger partial charge in [0.05, 0.1) is 5.25 Å². The molecule has 2 atom stereocenters. The predicted molar refractivity (Wildman–Crippen MR) is 52.4 cm³/mol. The standard InChI is InChI=1S/C10H11FO2S/c1-14(12,13)10-6-9(10)7-2-4-8(11)5-3-7/h2-5,9-10H,6H2,1H3. The molecule has 0 bridgehead atoms. The fourth-order valence-electron chi connectivity index (χ4n) is 1.71. The van der Waals surface area contributed by atoms with Crippen LogP contribution in [0.4, 0.5) is 4.39 Å². The molecule has 1 aromatic carbocycles. The van der Waals surface area contributed by atoms with Crippen molar-refractivity contribution in [2.24, 2.45) is 0 Å². The van der Waals surface area contributed by atoms with E-state index in [1.807, 2.05) is 0 Å². The molecular formula is C10H11FO2S. The lowest BCUT2D eigenvalue weighted by atomic mass is 10.1. The van der Waals surface area contributed by atoms with Crippen LogP contribution in [-0.2, 0) is 9.84 Å². The van der Waals surface area contributed by atoms with Gasteiger partial charge >= 0.3 is 0 Å². The first-order valence-electron chi connectivity index (χ1n) is 4.43. The van der Waals surface area contributed by atoms with Crippen LogP contribution in [0.15, 0.2) is 24.3 Å². The van der Waals surface area contributed by atoms with Crippen LogP contribution in [0.3, 0.4) is 0 Å². The largest absolute Gasteiger partial charge is 0.229 e. The third kappa shape index (κ3) is 1.80. The summed E-state index contributed by atoms with van der Waals surface area (Å²) in [4.78, 5) is 0. The van der Waals surface area contributed by atoms with Crippen molar-refractivity contribution in [3.8, 4) is 0 Å². The molecule has 14 heavy (non-hydrogen) atoms. The monoisotopic (exact) mass is 214 g/mol. The Morgan fingerprint density at radius 2 is 1.86 bits per heavy atom. The molecule has 2 rings (SSSR count). The molecule has 0 aromatic heterocycles. The SMILES string of the molecule is CS(=O)(=O)C1CC1c1ccc(F)cc1. The summed E-state index contributed by atoms with van der Waals surface area (Å²) in [6, 6.07) is 6.05. The van der Waals surface area contributed by atoms with E-state index in [1.54, 1.807) is 12.1 Å². The zero-order valence-corrected chi connectivity index (χ0v) is 8.59. The first-order valence-corrected chi connectivity index (χ1v) is 6.38. The van der Waals surface area contributed by atoms with Crippen LogP contribution in [0.5, 0.6) is 0 Å². The molecule has 0 amide bonds. The molecule has 0 radical (unpaired) electrons. The van der Waals surface area contributed by atoms with E-state index in [1.165, 1.54) is 18.4 Å². The van der Waals surface area contributed by atoms with Crippen LogP contribution in [0.25, 0.3) is 0 Å². The summed E-state index contributed by atoms with van der Waals surface area (Å²) in [5.41, 5.74) is 0.918. The maximum Gasteiger partial charge on any atom is 0.150 e. The summed E-state index contributed by atoms with van der Waals surface area (Å²) < 4.78 is 34.9. The molecule has 1 aromatic rings. The third-order valence-electron chi connectivity index (χ3n) is 2.58. The molecule has 1 aliphatic carbocycles. The van der Waals surface area contributed by atoms with Gasteiger partial charge in [0.1, 0.15) is 5.82 Å². The minimum absolute atomic E-state index is 0.0746. The molecule has 2 nitrogen and oxygen atoms in total. The Morgan fingerprint density at radius 3 is 2.29 bits per heavy atom. The molecule has 4 heteroatoms. The predicted octanol–water partition coefficient (Wildman–Crippen LogP) is 1.73. The number of rotatable bonds is 2. The highest BCUT2D eigenvalue weighted by Crippen LogP contribution is 2.45. The van der Waals surface area contributed by atoms with Crippen LogP contribution < -0.4 is 0 Å². The number of benzene rings is 1. The molecule has 76 valence electrons. The lowest BCUT2D eigenvalue weighted by Gasteiger charge is -1.98. The second kappa shape index (κ2) is 3.05. The first-order chi connectivity index (χ1) is 6.48. The molecular weight excluding hydrogens is 203 g/mol. The van der Waals surface area contributed by atoms with E-state index in [4.69, 9.17) is 0 Å². The van der Waals surface area contributed by atoms with Crippen molar-refractivity contribution in [3.05, 3.63) is 35.6 Å². The Bertz CT molecular complexity index is 436. The van der Waals surface area contributed by atoms with Crippen LogP contribution in [0, 0.1) is 5.82 Å². The van der Waals surface area contributed by atoms with Crippen LogP contribution >= 0.6 is 0 Å². The van der Waals surface area contributed by atoms with Gasteiger partial charge in [-0.3, -0.25) is 0 Å². The normalized spacial score (nSPS) is 26.1. The van der Waals surface area contributed by atoms with Gasteiger partial charge in [-0.05, 0) is 24.1 Å². The Hall–Kier alpha value is -0.900. The van der Waals surface area contributed by atoms with Crippen LogP contribution in [0.1, 0.15) is 17.9 Å². The topological polar surface area (TPSA) is 34.1 Å². The highest BCUT2D eigenvalue weighted by molar-refractivity contribution is 7.91. The molecule has 1 fully saturated rings. The van der Waals surface area contributed by atoms with Crippen molar-refractivity contribution in [1.82, 2.24) is 0 Å². The maximum absolute atomic E-state index is 12.6. The summed E-state index contributed by atoms with van der Waals surface area (Å²) in [7, 11) is -2.93. The smallest absolute Gasteiger partial charge is 0.150 e. The minimum atomic E-state index is -2.93. The van der Waals surface area contributed by atoms with E-state index < -0.39 is 9.84 Å². The van der Waals surface area contributed by atoms with Gasteiger partial charge in [-0.2, -0.15) is 0 Å². The molecule has 0 spiro atoms. The van der Waals surface area contributed by atoms with E-state index in [0.717, 1.165) is 5.56 Å². The lowest BCUT2D eigenvalue weighted by Crippen LogP contribution is -2.05. The van der Waals surface area contributed by atoms with Gasteiger partial charge in [0.25, 0.3) is 0 Å². The quantitative estimate of drug-likeness (QED) is 0.751. The summed E-state index contributed by atoms with van der Waals surface area (Å²) in [6.07, 6.45) is 1.92. The Morgan fingerprint density at radius 1 is 1.29 bits per heavy atom.